The van der Waals surface area contributed by atoms with E-state index >= 15 is 0 Å². The molecule has 1 saturated heterocycles. The van der Waals surface area contributed by atoms with E-state index in [2.05, 4.69) is 45.7 Å². The van der Waals surface area contributed by atoms with Gasteiger partial charge in [-0.25, -0.2) is 4.98 Å². The molecule has 0 amide bonds. The van der Waals surface area contributed by atoms with Crippen molar-refractivity contribution in [3.63, 3.8) is 0 Å². The molecule has 2 unspecified atom stereocenters. The molecule has 0 aliphatic carbocycles. The Morgan fingerprint density at radius 2 is 2.26 bits per heavy atom. The summed E-state index contributed by atoms with van der Waals surface area (Å²) >= 11 is 9.74. The zero-order valence-corrected chi connectivity index (χ0v) is 14.0. The standard InChI is InChI=1S/C15H22BrClN2/c1-11-8-15(18-10-14(11)16)19-7-5-3-4-6-13(19)9-12(2)17/h8,10,12-13H,3-7,9H2,1-2H3. The van der Waals surface area contributed by atoms with Crippen LogP contribution in [0.25, 0.3) is 0 Å². The van der Waals surface area contributed by atoms with Gasteiger partial charge in [-0.1, -0.05) is 12.8 Å². The lowest BCUT2D eigenvalue weighted by Crippen LogP contribution is -2.37. The number of alkyl halides is 1. The third-order valence-corrected chi connectivity index (χ3v) is 4.81. The molecule has 1 aromatic rings. The highest BCUT2D eigenvalue weighted by molar-refractivity contribution is 9.10. The van der Waals surface area contributed by atoms with Crippen molar-refractivity contribution >= 4 is 33.3 Å². The van der Waals surface area contributed by atoms with Gasteiger partial charge in [-0.2, -0.15) is 0 Å². The van der Waals surface area contributed by atoms with Crippen LogP contribution in [-0.2, 0) is 0 Å². The summed E-state index contributed by atoms with van der Waals surface area (Å²) in [4.78, 5) is 7.06. The van der Waals surface area contributed by atoms with Crippen molar-refractivity contribution in [2.24, 2.45) is 0 Å². The second-order valence-electron chi connectivity index (χ2n) is 5.50. The molecule has 19 heavy (non-hydrogen) atoms. The number of aromatic nitrogens is 1. The molecule has 0 radical (unpaired) electrons. The summed E-state index contributed by atoms with van der Waals surface area (Å²) in [6, 6.07) is 2.71. The molecule has 4 heteroatoms. The molecule has 0 bridgehead atoms. The van der Waals surface area contributed by atoms with Gasteiger partial charge in [0.1, 0.15) is 5.82 Å². The number of nitrogens with zero attached hydrogens (tertiary/aromatic N) is 2. The van der Waals surface area contributed by atoms with Crippen LogP contribution in [0.4, 0.5) is 5.82 Å². The number of pyridine rings is 1. The molecule has 0 aromatic carbocycles. The van der Waals surface area contributed by atoms with Crippen molar-refractivity contribution in [3.8, 4) is 0 Å². The van der Waals surface area contributed by atoms with Crippen molar-refractivity contribution in [1.82, 2.24) is 4.98 Å². The van der Waals surface area contributed by atoms with Gasteiger partial charge in [-0.15, -0.1) is 11.6 Å². The summed E-state index contributed by atoms with van der Waals surface area (Å²) in [6.07, 6.45) is 8.06. The largest absolute Gasteiger partial charge is 0.354 e. The van der Waals surface area contributed by atoms with Gasteiger partial charge < -0.3 is 4.90 Å². The second-order valence-corrected chi connectivity index (χ2v) is 7.10. The molecule has 2 rings (SSSR count). The highest BCUT2D eigenvalue weighted by Crippen LogP contribution is 2.28. The lowest BCUT2D eigenvalue weighted by Gasteiger charge is -2.32. The molecule has 0 saturated carbocycles. The van der Waals surface area contributed by atoms with E-state index in [9.17, 15) is 0 Å². The Kier molecular flexibility index (Phi) is 5.52. The van der Waals surface area contributed by atoms with Crippen molar-refractivity contribution < 1.29 is 0 Å². The summed E-state index contributed by atoms with van der Waals surface area (Å²) in [5.41, 5.74) is 1.24. The van der Waals surface area contributed by atoms with Crippen LogP contribution < -0.4 is 4.90 Å². The van der Waals surface area contributed by atoms with Gasteiger partial charge in [0, 0.05) is 28.6 Å². The first-order valence-corrected chi connectivity index (χ1v) is 8.33. The fourth-order valence-corrected chi connectivity index (χ4v) is 3.20. The summed E-state index contributed by atoms with van der Waals surface area (Å²) in [5.74, 6) is 1.10. The van der Waals surface area contributed by atoms with Crippen LogP contribution in [0.2, 0.25) is 0 Å². The first-order valence-electron chi connectivity index (χ1n) is 7.11. The van der Waals surface area contributed by atoms with Crippen molar-refractivity contribution in [2.45, 2.75) is 57.4 Å². The predicted octanol–water partition coefficient (Wildman–Crippen LogP) is 4.92. The summed E-state index contributed by atoms with van der Waals surface area (Å²) in [7, 11) is 0. The van der Waals surface area contributed by atoms with E-state index in [4.69, 9.17) is 11.6 Å². The second kappa shape index (κ2) is 6.94. The lowest BCUT2D eigenvalue weighted by atomic mass is 10.0. The Labute approximate surface area is 129 Å². The van der Waals surface area contributed by atoms with E-state index in [1.807, 2.05) is 6.20 Å². The predicted molar refractivity (Wildman–Crippen MR) is 86.2 cm³/mol. The highest BCUT2D eigenvalue weighted by Gasteiger charge is 2.23. The van der Waals surface area contributed by atoms with Crippen LogP contribution >= 0.6 is 27.5 Å². The average molecular weight is 346 g/mol. The Bertz CT molecular complexity index is 423. The maximum absolute atomic E-state index is 6.22. The summed E-state index contributed by atoms with van der Waals surface area (Å²) in [6.45, 7) is 5.31. The topological polar surface area (TPSA) is 16.1 Å². The van der Waals surface area contributed by atoms with E-state index in [0.29, 0.717) is 6.04 Å². The van der Waals surface area contributed by atoms with E-state index < -0.39 is 0 Å². The zero-order valence-electron chi connectivity index (χ0n) is 11.7. The average Bonchev–Trinajstić information content (AvgIpc) is 2.57. The maximum Gasteiger partial charge on any atom is 0.129 e. The normalized spacial score (nSPS) is 22.1. The summed E-state index contributed by atoms with van der Waals surface area (Å²) < 4.78 is 1.08. The van der Waals surface area contributed by atoms with Gasteiger partial charge in [0.15, 0.2) is 0 Å². The Balaban J connectivity index is 2.23. The highest BCUT2D eigenvalue weighted by atomic mass is 79.9. The van der Waals surface area contributed by atoms with E-state index in [1.165, 1.54) is 31.2 Å². The smallest absolute Gasteiger partial charge is 0.129 e. The van der Waals surface area contributed by atoms with E-state index in [0.717, 1.165) is 23.3 Å². The number of hydrogen-bond acceptors (Lipinski definition) is 2. The SMILES string of the molecule is Cc1cc(N2CCCCCC2CC(C)Cl)ncc1Br. The molecule has 106 valence electrons. The van der Waals surface area contributed by atoms with Crippen LogP contribution in [0.3, 0.4) is 0 Å². The number of rotatable bonds is 3. The molecule has 0 spiro atoms. The molecule has 2 atom stereocenters. The first-order chi connectivity index (χ1) is 9.08. The van der Waals surface area contributed by atoms with Gasteiger partial charge in [0.05, 0.1) is 0 Å². The molecule has 1 aromatic heterocycles. The molecular weight excluding hydrogens is 324 g/mol. The van der Waals surface area contributed by atoms with Crippen molar-refractivity contribution in [2.75, 3.05) is 11.4 Å². The van der Waals surface area contributed by atoms with E-state index in [-0.39, 0.29) is 5.38 Å². The minimum Gasteiger partial charge on any atom is -0.354 e. The Hall–Kier alpha value is -0.280. The van der Waals surface area contributed by atoms with Crippen molar-refractivity contribution in [3.05, 3.63) is 22.3 Å². The molecule has 1 fully saturated rings. The van der Waals surface area contributed by atoms with Gasteiger partial charge in [-0.05, 0) is 60.7 Å². The van der Waals surface area contributed by atoms with Crippen LogP contribution in [0.5, 0.6) is 0 Å². The third kappa shape index (κ3) is 4.09. The number of aryl methyl sites for hydroxylation is 1. The molecule has 0 N–H and O–H groups in total. The minimum atomic E-state index is 0.224. The van der Waals surface area contributed by atoms with Crippen LogP contribution in [-0.4, -0.2) is 22.9 Å². The van der Waals surface area contributed by atoms with E-state index in [1.54, 1.807) is 0 Å². The van der Waals surface area contributed by atoms with Gasteiger partial charge in [-0.3, -0.25) is 0 Å². The fraction of sp³-hybridized carbons (Fsp3) is 0.667. The van der Waals surface area contributed by atoms with Crippen LogP contribution in [0.15, 0.2) is 16.7 Å². The number of anilines is 1. The monoisotopic (exact) mass is 344 g/mol. The molecule has 1 aliphatic heterocycles. The van der Waals surface area contributed by atoms with Crippen LogP contribution in [0.1, 0.15) is 44.6 Å². The minimum absolute atomic E-state index is 0.224. The van der Waals surface area contributed by atoms with Gasteiger partial charge >= 0.3 is 0 Å². The summed E-state index contributed by atoms with van der Waals surface area (Å²) in [5, 5.41) is 0.224. The third-order valence-electron chi connectivity index (χ3n) is 3.80. The van der Waals surface area contributed by atoms with Crippen molar-refractivity contribution in [1.29, 1.82) is 0 Å². The molecular formula is C15H22BrClN2. The lowest BCUT2D eigenvalue weighted by molar-refractivity contribution is 0.527. The molecule has 2 nitrogen and oxygen atoms in total. The number of halogens is 2. The first kappa shape index (κ1) is 15.1. The maximum atomic E-state index is 6.22. The van der Waals surface area contributed by atoms with Gasteiger partial charge in [0.2, 0.25) is 0 Å². The van der Waals surface area contributed by atoms with Gasteiger partial charge in [0.25, 0.3) is 0 Å². The zero-order chi connectivity index (χ0) is 13.8. The van der Waals surface area contributed by atoms with Crippen LogP contribution in [0, 0.1) is 6.92 Å². The number of hydrogen-bond donors (Lipinski definition) is 0. The molecule has 1 aliphatic rings. The Morgan fingerprint density at radius 1 is 1.47 bits per heavy atom. The fourth-order valence-electron chi connectivity index (χ4n) is 2.78. The molecule has 2 heterocycles. The quantitative estimate of drug-likeness (QED) is 0.723. The Morgan fingerprint density at radius 3 is 2.95 bits per heavy atom.